The summed E-state index contributed by atoms with van der Waals surface area (Å²) in [6, 6.07) is 0. The molecule has 19 heteroatoms. The highest BCUT2D eigenvalue weighted by molar-refractivity contribution is 7.47. The molecule has 3 N–H and O–H groups in total. The lowest BCUT2D eigenvalue weighted by atomic mass is 9.99. The second-order valence-electron chi connectivity index (χ2n) is 30.1. The van der Waals surface area contributed by atoms with E-state index in [4.69, 9.17) is 37.0 Å². The van der Waals surface area contributed by atoms with Gasteiger partial charge in [-0.15, -0.1) is 0 Å². The normalized spacial score (nSPS) is 14.5. The Kier molecular flexibility index (Phi) is 69.9. The average Bonchev–Trinajstić information content (AvgIpc) is 0.917. The molecule has 0 spiro atoms. The summed E-state index contributed by atoms with van der Waals surface area (Å²) in [4.78, 5) is 73.0. The number of hydrogen-bond acceptors (Lipinski definition) is 15. The first-order valence-electron chi connectivity index (χ1n) is 41.9. The molecule has 0 saturated carbocycles. The molecule has 594 valence electrons. The highest BCUT2D eigenvalue weighted by Crippen LogP contribution is 2.45. The number of carbonyl (C=O) groups is 4. The van der Waals surface area contributed by atoms with Crippen LogP contribution in [0.2, 0.25) is 0 Å². The van der Waals surface area contributed by atoms with Crippen molar-refractivity contribution in [2.75, 3.05) is 39.6 Å². The van der Waals surface area contributed by atoms with Gasteiger partial charge in [-0.2, -0.15) is 0 Å². The van der Waals surface area contributed by atoms with Gasteiger partial charge >= 0.3 is 39.5 Å². The molecule has 0 amide bonds. The monoisotopic (exact) mass is 1470 g/mol. The summed E-state index contributed by atoms with van der Waals surface area (Å²) in [5, 5.41) is 10.6. The molecule has 7 atom stereocenters. The third kappa shape index (κ3) is 71.7. The summed E-state index contributed by atoms with van der Waals surface area (Å²) in [6.45, 7) is 11.9. The molecular weight excluding hydrogens is 1310 g/mol. The predicted octanol–water partition coefficient (Wildman–Crippen LogP) is 24.1. The van der Waals surface area contributed by atoms with E-state index in [1.165, 1.54) is 231 Å². The number of phosphoric ester groups is 2. The molecule has 4 unspecified atom stereocenters. The van der Waals surface area contributed by atoms with Crippen molar-refractivity contribution in [1.29, 1.82) is 0 Å². The fourth-order valence-corrected chi connectivity index (χ4v) is 14.0. The van der Waals surface area contributed by atoms with Crippen LogP contribution < -0.4 is 0 Å². The quantitative estimate of drug-likeness (QED) is 0.0222. The van der Waals surface area contributed by atoms with E-state index in [0.29, 0.717) is 25.7 Å². The van der Waals surface area contributed by atoms with Gasteiger partial charge in [0.05, 0.1) is 26.4 Å². The number of esters is 4. The number of aliphatic hydroxyl groups is 1. The van der Waals surface area contributed by atoms with Gasteiger partial charge < -0.3 is 33.8 Å². The second-order valence-corrected chi connectivity index (χ2v) is 33.0. The molecular formula is C81H158O17P2. The van der Waals surface area contributed by atoms with E-state index in [1.807, 2.05) is 0 Å². The molecule has 100 heavy (non-hydrogen) atoms. The minimum atomic E-state index is -4.96. The van der Waals surface area contributed by atoms with Crippen LogP contribution in [-0.2, 0) is 65.4 Å². The highest BCUT2D eigenvalue weighted by Gasteiger charge is 2.30. The first kappa shape index (κ1) is 98.1. The van der Waals surface area contributed by atoms with Crippen LogP contribution in [0.15, 0.2) is 0 Å². The molecule has 0 fully saturated rings. The van der Waals surface area contributed by atoms with Crippen LogP contribution in [0, 0.1) is 17.8 Å². The van der Waals surface area contributed by atoms with Crippen molar-refractivity contribution in [2.24, 2.45) is 17.8 Å². The van der Waals surface area contributed by atoms with Crippen molar-refractivity contribution >= 4 is 39.5 Å². The van der Waals surface area contributed by atoms with E-state index in [9.17, 15) is 43.2 Å². The number of rotatable bonds is 79. The summed E-state index contributed by atoms with van der Waals surface area (Å²) >= 11 is 0. The Morgan fingerprint density at radius 1 is 0.290 bits per heavy atom. The maximum atomic E-state index is 13.1. The number of phosphoric acid groups is 2. The van der Waals surface area contributed by atoms with Crippen LogP contribution in [0.3, 0.4) is 0 Å². The number of carbonyl (C=O) groups excluding carboxylic acids is 4. The number of unbranched alkanes of at least 4 members (excludes halogenated alkanes) is 45. The van der Waals surface area contributed by atoms with E-state index in [2.05, 4.69) is 48.5 Å². The molecule has 0 aliphatic rings. The Labute approximate surface area is 613 Å². The second kappa shape index (κ2) is 71.3. The molecule has 0 saturated heterocycles. The molecule has 0 aliphatic carbocycles. The van der Waals surface area contributed by atoms with E-state index >= 15 is 0 Å². The lowest BCUT2D eigenvalue weighted by Gasteiger charge is -2.21. The van der Waals surface area contributed by atoms with Crippen molar-refractivity contribution in [3.8, 4) is 0 Å². The van der Waals surface area contributed by atoms with E-state index in [0.717, 1.165) is 108 Å². The number of ether oxygens (including phenoxy) is 4. The van der Waals surface area contributed by atoms with Gasteiger partial charge in [-0.1, -0.05) is 370 Å². The van der Waals surface area contributed by atoms with Gasteiger partial charge in [0.1, 0.15) is 19.3 Å². The van der Waals surface area contributed by atoms with Crippen LogP contribution in [0.4, 0.5) is 0 Å². The minimum Gasteiger partial charge on any atom is -0.462 e. The summed E-state index contributed by atoms with van der Waals surface area (Å²) in [7, 11) is -9.92. The predicted molar refractivity (Wildman–Crippen MR) is 409 cm³/mol. The number of aliphatic hydroxyl groups excluding tert-OH is 1. The topological polar surface area (TPSA) is 237 Å². The van der Waals surface area contributed by atoms with Crippen molar-refractivity contribution in [2.45, 2.75) is 439 Å². The van der Waals surface area contributed by atoms with Gasteiger partial charge in [0, 0.05) is 25.7 Å². The SMILES string of the molecule is CCCCCCCCCCCCCCCCCCCCCCCCC(=O)O[C@H](COC(=O)CCCCCCCCCCCCC(C)CC)COP(=O)(O)OC[C@@H](O)COP(=O)(O)OC[C@@H](COC(=O)CCCCCCCCCCC(C)CC)OC(=O)CCCCCCCCCCCC(C)C. The standard InChI is InChI=1S/C81H158O17P2/c1-8-11-12-13-14-15-16-17-18-19-20-21-22-23-24-25-26-27-34-43-50-57-64-80(85)97-76(68-91-78(83)62-55-48-41-33-29-28-32-39-46-53-60-73(6)9-2)70-95-99(87,88)93-66-75(82)67-94-100(89,90)96-71-77(98-81(86)65-58-51-44-35-30-31-38-45-52-59-72(4)5)69-92-79(84)63-56-49-42-37-36-40-47-54-61-74(7)10-3/h72-77,82H,8-71H2,1-7H3,(H,87,88)(H,89,90)/t73?,74?,75-,76-,77-/m1/s1. The zero-order chi connectivity index (χ0) is 73.7. The van der Waals surface area contributed by atoms with Crippen LogP contribution in [0.25, 0.3) is 0 Å². The van der Waals surface area contributed by atoms with Crippen LogP contribution in [0.5, 0.6) is 0 Å². The molecule has 0 heterocycles. The summed E-state index contributed by atoms with van der Waals surface area (Å²) in [6.07, 6.45) is 59.7. The molecule has 0 rings (SSSR count). The molecule has 0 aliphatic heterocycles. The Morgan fingerprint density at radius 3 is 0.760 bits per heavy atom. The molecule has 0 aromatic carbocycles. The Balaban J connectivity index is 5.22. The van der Waals surface area contributed by atoms with E-state index in [-0.39, 0.29) is 25.7 Å². The van der Waals surface area contributed by atoms with Gasteiger partial charge in [-0.25, -0.2) is 9.13 Å². The van der Waals surface area contributed by atoms with Gasteiger partial charge in [0.25, 0.3) is 0 Å². The fraction of sp³-hybridized carbons (Fsp3) is 0.951. The molecule has 17 nitrogen and oxygen atoms in total. The molecule has 0 aromatic heterocycles. The van der Waals surface area contributed by atoms with Crippen LogP contribution >= 0.6 is 15.6 Å². The first-order chi connectivity index (χ1) is 48.3. The summed E-state index contributed by atoms with van der Waals surface area (Å²) < 4.78 is 68.7. The Morgan fingerprint density at radius 2 is 0.510 bits per heavy atom. The molecule has 0 aromatic rings. The van der Waals surface area contributed by atoms with Gasteiger partial charge in [0.2, 0.25) is 0 Å². The third-order valence-corrected chi connectivity index (χ3v) is 21.5. The zero-order valence-electron chi connectivity index (χ0n) is 65.7. The largest absolute Gasteiger partial charge is 0.472 e. The lowest BCUT2D eigenvalue weighted by Crippen LogP contribution is -2.30. The minimum absolute atomic E-state index is 0.105. The highest BCUT2D eigenvalue weighted by atomic mass is 31.2. The lowest BCUT2D eigenvalue weighted by molar-refractivity contribution is -0.161. The zero-order valence-corrected chi connectivity index (χ0v) is 67.5. The average molecular weight is 1470 g/mol. The fourth-order valence-electron chi connectivity index (χ4n) is 12.4. The number of hydrogen-bond donors (Lipinski definition) is 3. The first-order valence-corrected chi connectivity index (χ1v) is 44.9. The Hall–Kier alpha value is -1.94. The smallest absolute Gasteiger partial charge is 0.462 e. The van der Waals surface area contributed by atoms with E-state index < -0.39 is 97.5 Å². The Bertz CT molecular complexity index is 1940. The van der Waals surface area contributed by atoms with Crippen molar-refractivity contribution in [1.82, 2.24) is 0 Å². The van der Waals surface area contributed by atoms with Gasteiger partial charge in [-0.3, -0.25) is 37.3 Å². The van der Waals surface area contributed by atoms with E-state index in [1.54, 1.807) is 0 Å². The summed E-state index contributed by atoms with van der Waals surface area (Å²) in [5.74, 6) is 0.209. The van der Waals surface area contributed by atoms with Crippen LogP contribution in [0.1, 0.15) is 421 Å². The summed E-state index contributed by atoms with van der Waals surface area (Å²) in [5.41, 5.74) is 0. The molecule has 0 radical (unpaired) electrons. The van der Waals surface area contributed by atoms with Crippen molar-refractivity contribution < 1.29 is 80.2 Å². The maximum absolute atomic E-state index is 13.1. The van der Waals surface area contributed by atoms with Crippen molar-refractivity contribution in [3.05, 3.63) is 0 Å². The van der Waals surface area contributed by atoms with Crippen molar-refractivity contribution in [3.63, 3.8) is 0 Å². The van der Waals surface area contributed by atoms with Crippen LogP contribution in [-0.4, -0.2) is 96.7 Å². The third-order valence-electron chi connectivity index (χ3n) is 19.6. The van der Waals surface area contributed by atoms with Gasteiger partial charge in [-0.05, 0) is 43.4 Å². The van der Waals surface area contributed by atoms with Gasteiger partial charge in [0.15, 0.2) is 12.2 Å². The maximum Gasteiger partial charge on any atom is 0.472 e. The molecule has 0 bridgehead atoms.